The Balaban J connectivity index is 2.28. The maximum absolute atomic E-state index is 14.8. The number of unbranched alkanes of at least 4 members (excludes halogenated alkanes) is 2. The SMILES string of the molecule is CCCCP(=O)(CCCC)CP(=O)(C1CCCC(C)C1)C1CCCC(C)C1. The van der Waals surface area contributed by atoms with Crippen LogP contribution in [0.3, 0.4) is 0 Å². The summed E-state index contributed by atoms with van der Waals surface area (Å²) in [5.41, 5.74) is 0.737. The van der Waals surface area contributed by atoms with Gasteiger partial charge in [0, 0.05) is 23.6 Å². The molecule has 2 nitrogen and oxygen atoms in total. The molecule has 0 saturated heterocycles. The Bertz CT molecular complexity index is 492. The van der Waals surface area contributed by atoms with Crippen LogP contribution >= 0.6 is 14.3 Å². The molecule has 0 amide bonds. The van der Waals surface area contributed by atoms with Crippen molar-refractivity contribution in [2.45, 2.75) is 116 Å². The van der Waals surface area contributed by atoms with Gasteiger partial charge in [-0.25, -0.2) is 0 Å². The second-order valence-corrected chi connectivity index (χ2v) is 17.4. The smallest absolute Gasteiger partial charge is 0.101 e. The fourth-order valence-electron chi connectivity index (χ4n) is 5.68. The summed E-state index contributed by atoms with van der Waals surface area (Å²) < 4.78 is 28.8. The molecule has 0 spiro atoms. The molecule has 160 valence electrons. The quantitative estimate of drug-likeness (QED) is 0.335. The van der Waals surface area contributed by atoms with Crippen molar-refractivity contribution in [2.75, 3.05) is 18.2 Å². The van der Waals surface area contributed by atoms with Gasteiger partial charge in [0.1, 0.15) is 7.14 Å². The Morgan fingerprint density at radius 3 is 1.56 bits per heavy atom. The zero-order valence-corrected chi connectivity index (χ0v) is 20.4. The molecule has 0 heterocycles. The van der Waals surface area contributed by atoms with E-state index in [1.54, 1.807) is 0 Å². The van der Waals surface area contributed by atoms with Gasteiger partial charge in [-0.05, 0) is 50.4 Å². The Morgan fingerprint density at radius 1 is 0.741 bits per heavy atom. The highest BCUT2D eigenvalue weighted by atomic mass is 31.2. The Hall–Kier alpha value is 0.460. The first-order valence-corrected chi connectivity index (χ1v) is 16.3. The van der Waals surface area contributed by atoms with Gasteiger partial charge in [-0.2, -0.15) is 0 Å². The van der Waals surface area contributed by atoms with E-state index in [-0.39, 0.29) is 0 Å². The van der Waals surface area contributed by atoms with Crippen LogP contribution in [0.5, 0.6) is 0 Å². The van der Waals surface area contributed by atoms with Crippen LogP contribution in [0.4, 0.5) is 0 Å². The highest BCUT2D eigenvalue weighted by Crippen LogP contribution is 2.71. The number of hydrogen-bond acceptors (Lipinski definition) is 2. The second-order valence-electron chi connectivity index (χ2n) is 10.1. The van der Waals surface area contributed by atoms with Crippen molar-refractivity contribution in [3.05, 3.63) is 0 Å². The fourth-order valence-corrected chi connectivity index (χ4v) is 17.2. The van der Waals surface area contributed by atoms with Gasteiger partial charge in [-0.15, -0.1) is 0 Å². The molecule has 27 heavy (non-hydrogen) atoms. The normalized spacial score (nSPS) is 32.1. The summed E-state index contributed by atoms with van der Waals surface area (Å²) in [4.78, 5) is 0. The van der Waals surface area contributed by atoms with Crippen molar-refractivity contribution in [1.82, 2.24) is 0 Å². The molecule has 4 unspecified atom stereocenters. The van der Waals surface area contributed by atoms with E-state index < -0.39 is 14.3 Å². The number of hydrogen-bond donors (Lipinski definition) is 0. The Labute approximate surface area is 169 Å². The standard InChI is InChI=1S/C23H46O2P2/c1-5-7-15-26(24,16-8-6-2)19-27(25,22-13-9-11-20(3)17-22)23-14-10-12-21(4)18-23/h20-23H,5-19H2,1-4H3. The molecule has 2 fully saturated rings. The van der Waals surface area contributed by atoms with Crippen molar-refractivity contribution in [3.8, 4) is 0 Å². The molecule has 2 rings (SSSR count). The van der Waals surface area contributed by atoms with Gasteiger partial charge in [-0.1, -0.05) is 66.2 Å². The van der Waals surface area contributed by atoms with Crippen molar-refractivity contribution in [2.24, 2.45) is 11.8 Å². The zero-order chi connectivity index (χ0) is 19.9. The minimum absolute atomic E-state index is 0.369. The average Bonchev–Trinajstić information content (AvgIpc) is 2.65. The second kappa shape index (κ2) is 11.0. The van der Waals surface area contributed by atoms with Crippen molar-refractivity contribution in [3.63, 3.8) is 0 Å². The van der Waals surface area contributed by atoms with E-state index >= 15 is 0 Å². The summed E-state index contributed by atoms with van der Waals surface area (Å²) >= 11 is 0. The molecule has 0 aromatic carbocycles. The van der Waals surface area contributed by atoms with Gasteiger partial charge in [0.05, 0.1) is 13.0 Å². The van der Waals surface area contributed by atoms with E-state index in [4.69, 9.17) is 0 Å². The summed E-state index contributed by atoms with van der Waals surface area (Å²) in [6.07, 6.45) is 15.5. The Kier molecular flexibility index (Phi) is 9.68. The third kappa shape index (κ3) is 6.74. The summed E-state index contributed by atoms with van der Waals surface area (Å²) in [5, 5.41) is 0. The van der Waals surface area contributed by atoms with E-state index in [1.165, 1.54) is 25.7 Å². The maximum Gasteiger partial charge on any atom is 0.101 e. The molecular weight excluding hydrogens is 370 g/mol. The van der Waals surface area contributed by atoms with Crippen LogP contribution in [0.1, 0.15) is 105 Å². The molecule has 0 radical (unpaired) electrons. The summed E-state index contributed by atoms with van der Waals surface area (Å²) in [7, 11) is -4.72. The van der Waals surface area contributed by atoms with Crippen molar-refractivity contribution < 1.29 is 9.13 Å². The minimum atomic E-state index is -2.41. The van der Waals surface area contributed by atoms with Crippen LogP contribution in [-0.4, -0.2) is 29.5 Å². The lowest BCUT2D eigenvalue weighted by molar-refractivity contribution is 0.357. The van der Waals surface area contributed by atoms with E-state index in [0.29, 0.717) is 29.1 Å². The highest BCUT2D eigenvalue weighted by Gasteiger charge is 2.46. The Morgan fingerprint density at radius 2 is 1.19 bits per heavy atom. The van der Waals surface area contributed by atoms with Crippen molar-refractivity contribution >= 4 is 14.3 Å². The van der Waals surface area contributed by atoms with Crippen LogP contribution < -0.4 is 0 Å². The van der Waals surface area contributed by atoms with Gasteiger partial charge < -0.3 is 9.13 Å². The van der Waals surface area contributed by atoms with E-state index in [1.807, 2.05) is 0 Å². The van der Waals surface area contributed by atoms with E-state index in [0.717, 1.165) is 63.7 Å². The minimum Gasteiger partial charge on any atom is -0.323 e. The van der Waals surface area contributed by atoms with E-state index in [2.05, 4.69) is 27.7 Å². The third-order valence-corrected chi connectivity index (χ3v) is 16.9. The molecule has 0 aromatic rings. The molecular formula is C23H46O2P2. The lowest BCUT2D eigenvalue weighted by Gasteiger charge is -2.42. The monoisotopic (exact) mass is 416 g/mol. The molecule has 2 aliphatic carbocycles. The summed E-state index contributed by atoms with van der Waals surface area (Å²) in [6.45, 7) is 9.06. The zero-order valence-electron chi connectivity index (χ0n) is 18.6. The van der Waals surface area contributed by atoms with Crippen LogP contribution in [-0.2, 0) is 9.13 Å². The van der Waals surface area contributed by atoms with Crippen LogP contribution in [0, 0.1) is 11.8 Å². The maximum atomic E-state index is 14.8. The molecule has 2 aliphatic rings. The van der Waals surface area contributed by atoms with Gasteiger partial charge in [0.15, 0.2) is 0 Å². The molecule has 4 atom stereocenters. The highest BCUT2D eigenvalue weighted by molar-refractivity contribution is 7.81. The predicted molar refractivity (Wildman–Crippen MR) is 122 cm³/mol. The number of rotatable bonds is 10. The first kappa shape index (κ1) is 23.7. The van der Waals surface area contributed by atoms with Crippen LogP contribution in [0.25, 0.3) is 0 Å². The first-order chi connectivity index (χ1) is 12.8. The molecule has 0 N–H and O–H groups in total. The molecule has 4 heteroatoms. The first-order valence-electron chi connectivity index (χ1n) is 12.0. The molecule has 0 aliphatic heterocycles. The van der Waals surface area contributed by atoms with E-state index in [9.17, 15) is 9.13 Å². The lowest BCUT2D eigenvalue weighted by atomic mass is 9.90. The predicted octanol–water partition coefficient (Wildman–Crippen LogP) is 8.43. The van der Waals surface area contributed by atoms with Gasteiger partial charge >= 0.3 is 0 Å². The fraction of sp³-hybridized carbons (Fsp3) is 1.00. The van der Waals surface area contributed by atoms with Crippen molar-refractivity contribution in [1.29, 1.82) is 0 Å². The topological polar surface area (TPSA) is 34.1 Å². The summed E-state index contributed by atoms with van der Waals surface area (Å²) in [5.74, 6) is 2.02. The molecule has 0 aromatic heterocycles. The largest absolute Gasteiger partial charge is 0.323 e. The summed E-state index contributed by atoms with van der Waals surface area (Å²) in [6, 6.07) is 0. The molecule has 2 saturated carbocycles. The molecule has 0 bridgehead atoms. The third-order valence-electron chi connectivity index (χ3n) is 7.37. The van der Waals surface area contributed by atoms with Gasteiger partial charge in [-0.3, -0.25) is 0 Å². The average molecular weight is 417 g/mol. The lowest BCUT2D eigenvalue weighted by Crippen LogP contribution is -2.29. The van der Waals surface area contributed by atoms with Gasteiger partial charge in [0.25, 0.3) is 0 Å². The van der Waals surface area contributed by atoms with Gasteiger partial charge in [0.2, 0.25) is 0 Å². The van der Waals surface area contributed by atoms with Crippen LogP contribution in [0.15, 0.2) is 0 Å². The van der Waals surface area contributed by atoms with Crippen LogP contribution in [0.2, 0.25) is 0 Å².